The second kappa shape index (κ2) is 4.60. The van der Waals surface area contributed by atoms with Gasteiger partial charge in [-0.05, 0) is 27.2 Å². The van der Waals surface area contributed by atoms with E-state index in [2.05, 4.69) is 0 Å². The van der Waals surface area contributed by atoms with E-state index in [1.807, 2.05) is 27.8 Å². The Labute approximate surface area is 85.7 Å². The first-order valence-corrected chi connectivity index (χ1v) is 5.05. The molecule has 0 N–H and O–H groups in total. The maximum atomic E-state index is 11.7. The van der Waals surface area contributed by atoms with Crippen molar-refractivity contribution in [1.82, 2.24) is 4.90 Å². The summed E-state index contributed by atoms with van der Waals surface area (Å²) in [6.07, 6.45) is 2.78. The Morgan fingerprint density at radius 1 is 1.50 bits per heavy atom. The van der Waals surface area contributed by atoms with Gasteiger partial charge in [0.2, 0.25) is 5.91 Å². The zero-order valence-corrected chi connectivity index (χ0v) is 9.41. The van der Waals surface area contributed by atoms with Gasteiger partial charge in [-0.25, -0.2) is 0 Å². The van der Waals surface area contributed by atoms with Crippen molar-refractivity contribution in [2.45, 2.75) is 39.3 Å². The molecule has 80 valence electrons. The summed E-state index contributed by atoms with van der Waals surface area (Å²) < 4.78 is 5.43. The van der Waals surface area contributed by atoms with Crippen LogP contribution in [-0.4, -0.2) is 36.6 Å². The molecule has 1 saturated heterocycles. The van der Waals surface area contributed by atoms with Crippen LogP contribution >= 0.6 is 0 Å². The highest BCUT2D eigenvalue weighted by atomic mass is 16.5. The molecule has 0 bridgehead atoms. The lowest BCUT2D eigenvalue weighted by atomic mass is 10.1. The molecule has 0 aromatic carbocycles. The summed E-state index contributed by atoms with van der Waals surface area (Å²) in [4.78, 5) is 13.5. The predicted octanol–water partition coefficient (Wildman–Crippen LogP) is 1.59. The third-order valence-electron chi connectivity index (χ3n) is 2.59. The van der Waals surface area contributed by atoms with Crippen LogP contribution in [0.25, 0.3) is 0 Å². The number of rotatable bonds is 2. The van der Waals surface area contributed by atoms with E-state index in [-0.39, 0.29) is 18.1 Å². The van der Waals surface area contributed by atoms with Crippen molar-refractivity contribution in [2.75, 3.05) is 13.7 Å². The van der Waals surface area contributed by atoms with Gasteiger partial charge in [0.1, 0.15) is 0 Å². The maximum Gasteiger partial charge on any atom is 0.246 e. The zero-order chi connectivity index (χ0) is 10.7. The van der Waals surface area contributed by atoms with Gasteiger partial charge < -0.3 is 9.64 Å². The van der Waals surface area contributed by atoms with Gasteiger partial charge in [0.15, 0.2) is 0 Å². The molecule has 1 fully saturated rings. The largest absolute Gasteiger partial charge is 0.376 e. The minimum Gasteiger partial charge on any atom is -0.376 e. The molecule has 1 aliphatic rings. The molecule has 0 aromatic heterocycles. The first-order valence-electron chi connectivity index (χ1n) is 5.05. The Hall–Kier alpha value is -0.830. The number of carbonyl (C=O) groups excluding carboxylic acids is 1. The number of hydrogen-bond donors (Lipinski definition) is 0. The van der Waals surface area contributed by atoms with E-state index in [9.17, 15) is 4.79 Å². The molecule has 0 aliphatic carbocycles. The first-order chi connectivity index (χ1) is 6.52. The van der Waals surface area contributed by atoms with E-state index in [0.29, 0.717) is 0 Å². The van der Waals surface area contributed by atoms with Crippen molar-refractivity contribution in [3.05, 3.63) is 11.6 Å². The lowest BCUT2D eigenvalue weighted by Crippen LogP contribution is -2.40. The number of ether oxygens (including phenoxy) is 1. The molecular formula is C11H19NO2. The van der Waals surface area contributed by atoms with Gasteiger partial charge in [0.05, 0.1) is 12.1 Å². The molecule has 3 heteroatoms. The Morgan fingerprint density at radius 3 is 2.57 bits per heavy atom. The number of hydrogen-bond acceptors (Lipinski definition) is 2. The average molecular weight is 197 g/mol. The van der Waals surface area contributed by atoms with Crippen LogP contribution in [0.15, 0.2) is 11.6 Å². The van der Waals surface area contributed by atoms with Crippen LogP contribution in [0.1, 0.15) is 27.2 Å². The zero-order valence-electron chi connectivity index (χ0n) is 9.41. The Balaban J connectivity index is 2.60. The second-order valence-corrected chi connectivity index (χ2v) is 4.10. The summed E-state index contributed by atoms with van der Waals surface area (Å²) in [6, 6.07) is 0.234. The van der Waals surface area contributed by atoms with Crippen molar-refractivity contribution in [3.8, 4) is 0 Å². The number of likely N-dealkylation sites (N-methyl/N-ethyl adjacent to an activating group) is 1. The first kappa shape index (κ1) is 11.2. The van der Waals surface area contributed by atoms with Gasteiger partial charge in [0, 0.05) is 19.7 Å². The molecule has 3 nitrogen and oxygen atoms in total. The summed E-state index contributed by atoms with van der Waals surface area (Å²) in [6.45, 7) is 6.64. The highest BCUT2D eigenvalue weighted by molar-refractivity contribution is 5.88. The van der Waals surface area contributed by atoms with E-state index in [1.165, 1.54) is 0 Å². The van der Waals surface area contributed by atoms with Crippen molar-refractivity contribution in [1.29, 1.82) is 0 Å². The molecule has 0 saturated carbocycles. The third-order valence-corrected chi connectivity index (χ3v) is 2.59. The Morgan fingerprint density at radius 2 is 2.14 bits per heavy atom. The highest BCUT2D eigenvalue weighted by Crippen LogP contribution is 2.18. The van der Waals surface area contributed by atoms with Gasteiger partial charge in [0.25, 0.3) is 0 Å². The van der Waals surface area contributed by atoms with Gasteiger partial charge in [-0.15, -0.1) is 0 Å². The normalized spacial score (nSPS) is 26.0. The molecule has 1 aliphatic heterocycles. The van der Waals surface area contributed by atoms with Crippen molar-refractivity contribution >= 4 is 5.91 Å². The van der Waals surface area contributed by atoms with Gasteiger partial charge in [-0.2, -0.15) is 0 Å². The van der Waals surface area contributed by atoms with Crippen LogP contribution in [-0.2, 0) is 9.53 Å². The summed E-state index contributed by atoms with van der Waals surface area (Å²) in [7, 11) is 1.84. The van der Waals surface area contributed by atoms with Gasteiger partial charge >= 0.3 is 0 Å². The number of allylic oxidation sites excluding steroid dienone is 1. The van der Waals surface area contributed by atoms with E-state index in [0.717, 1.165) is 18.6 Å². The van der Waals surface area contributed by atoms with Crippen molar-refractivity contribution in [2.24, 2.45) is 0 Å². The maximum absolute atomic E-state index is 11.7. The molecule has 14 heavy (non-hydrogen) atoms. The lowest BCUT2D eigenvalue weighted by molar-refractivity contribution is -0.127. The third kappa shape index (κ3) is 2.58. The minimum absolute atomic E-state index is 0.0763. The molecule has 0 radical (unpaired) electrons. The predicted molar refractivity (Wildman–Crippen MR) is 56.0 cm³/mol. The summed E-state index contributed by atoms with van der Waals surface area (Å²) in [5.41, 5.74) is 1.04. The summed E-state index contributed by atoms with van der Waals surface area (Å²) in [5, 5.41) is 0. The highest BCUT2D eigenvalue weighted by Gasteiger charge is 2.29. The van der Waals surface area contributed by atoms with E-state index < -0.39 is 0 Å². The smallest absolute Gasteiger partial charge is 0.246 e. The topological polar surface area (TPSA) is 29.5 Å². The fraction of sp³-hybridized carbons (Fsp3) is 0.727. The molecule has 1 amide bonds. The van der Waals surface area contributed by atoms with Crippen LogP contribution in [0.4, 0.5) is 0 Å². The molecule has 0 aromatic rings. The molecule has 0 spiro atoms. The quantitative estimate of drug-likeness (QED) is 0.629. The van der Waals surface area contributed by atoms with E-state index in [1.54, 1.807) is 11.0 Å². The van der Waals surface area contributed by atoms with Crippen LogP contribution in [0.5, 0.6) is 0 Å². The van der Waals surface area contributed by atoms with Crippen LogP contribution in [0.3, 0.4) is 0 Å². The Kier molecular flexibility index (Phi) is 3.69. The molecule has 2 unspecified atom stereocenters. The summed E-state index contributed by atoms with van der Waals surface area (Å²) >= 11 is 0. The van der Waals surface area contributed by atoms with Crippen LogP contribution < -0.4 is 0 Å². The molecule has 1 heterocycles. The van der Waals surface area contributed by atoms with Gasteiger partial charge in [-0.3, -0.25) is 4.79 Å². The Bertz CT molecular complexity index is 244. The molecule has 1 rings (SSSR count). The van der Waals surface area contributed by atoms with Crippen LogP contribution in [0, 0.1) is 0 Å². The average Bonchev–Trinajstić information content (AvgIpc) is 2.48. The fourth-order valence-corrected chi connectivity index (χ4v) is 1.74. The van der Waals surface area contributed by atoms with E-state index in [4.69, 9.17) is 4.74 Å². The standard InChI is InChI=1S/C11H19NO2/c1-8(2)7-11(13)12(4)10-5-6-14-9(10)3/h7,9-10H,5-6H2,1-4H3. The number of carbonyl (C=O) groups is 1. The van der Waals surface area contributed by atoms with Crippen molar-refractivity contribution < 1.29 is 9.53 Å². The van der Waals surface area contributed by atoms with Crippen molar-refractivity contribution in [3.63, 3.8) is 0 Å². The second-order valence-electron chi connectivity index (χ2n) is 4.10. The van der Waals surface area contributed by atoms with E-state index >= 15 is 0 Å². The lowest BCUT2D eigenvalue weighted by Gasteiger charge is -2.25. The molecule has 2 atom stereocenters. The SMILES string of the molecule is CC(C)=CC(=O)N(C)C1CCOC1C. The fourth-order valence-electron chi connectivity index (χ4n) is 1.74. The monoisotopic (exact) mass is 197 g/mol. The number of amides is 1. The van der Waals surface area contributed by atoms with Crippen LogP contribution in [0.2, 0.25) is 0 Å². The summed E-state index contributed by atoms with van der Waals surface area (Å²) in [5.74, 6) is 0.0763. The minimum atomic E-state index is 0.0763. The van der Waals surface area contributed by atoms with Gasteiger partial charge in [-0.1, -0.05) is 5.57 Å². The molecular weight excluding hydrogens is 178 g/mol. The number of nitrogens with zero attached hydrogens (tertiary/aromatic N) is 1.